The average molecular weight is 313 g/mol. The summed E-state index contributed by atoms with van der Waals surface area (Å²) in [6, 6.07) is 7.05. The van der Waals surface area contributed by atoms with Crippen molar-refractivity contribution in [2.75, 3.05) is 26.0 Å². The van der Waals surface area contributed by atoms with Gasteiger partial charge in [-0.1, -0.05) is 12.1 Å². The molecule has 0 aliphatic heterocycles. The van der Waals surface area contributed by atoms with Gasteiger partial charge in [0.15, 0.2) is 0 Å². The molecule has 3 aromatic rings. The van der Waals surface area contributed by atoms with Crippen molar-refractivity contribution < 1.29 is 4.39 Å². The van der Waals surface area contributed by atoms with E-state index in [2.05, 4.69) is 20.3 Å². The van der Waals surface area contributed by atoms with Crippen LogP contribution in [0.2, 0.25) is 0 Å². The molecule has 0 spiro atoms. The Labute approximate surface area is 134 Å². The van der Waals surface area contributed by atoms with E-state index >= 15 is 0 Å². The first-order chi connectivity index (χ1) is 11.1. The standard InChI is InChI=1S/C17H20FN5/c1-22(2)16(12-9-21-23(3)11-12)10-20-15-7-8-19-17-13(15)5-4-6-14(17)18/h4-9,11,16H,10H2,1-3H3,(H,19,20). The number of anilines is 1. The number of benzene rings is 1. The van der Waals surface area contributed by atoms with Crippen LogP contribution in [-0.4, -0.2) is 40.3 Å². The van der Waals surface area contributed by atoms with Gasteiger partial charge >= 0.3 is 0 Å². The Kier molecular flexibility index (Phi) is 4.25. The van der Waals surface area contributed by atoms with E-state index in [1.54, 1.807) is 16.9 Å². The molecule has 5 nitrogen and oxygen atoms in total. The smallest absolute Gasteiger partial charge is 0.149 e. The number of pyridine rings is 1. The van der Waals surface area contributed by atoms with Gasteiger partial charge in [-0.3, -0.25) is 9.67 Å². The van der Waals surface area contributed by atoms with E-state index in [-0.39, 0.29) is 11.9 Å². The molecule has 0 radical (unpaired) electrons. The largest absolute Gasteiger partial charge is 0.383 e. The highest BCUT2D eigenvalue weighted by molar-refractivity contribution is 5.91. The van der Waals surface area contributed by atoms with Crippen LogP contribution >= 0.6 is 0 Å². The van der Waals surface area contributed by atoms with Gasteiger partial charge in [-0.25, -0.2) is 4.39 Å². The first-order valence-corrected chi connectivity index (χ1v) is 7.48. The predicted octanol–water partition coefficient (Wildman–Crippen LogP) is 2.82. The molecule has 3 rings (SSSR count). The maximum Gasteiger partial charge on any atom is 0.149 e. The lowest BCUT2D eigenvalue weighted by Gasteiger charge is -2.24. The van der Waals surface area contributed by atoms with Crippen LogP contribution in [0.25, 0.3) is 10.9 Å². The van der Waals surface area contributed by atoms with E-state index in [0.717, 1.165) is 16.6 Å². The predicted molar refractivity (Wildman–Crippen MR) is 89.8 cm³/mol. The number of rotatable bonds is 5. The number of nitrogens with one attached hydrogen (secondary N) is 1. The van der Waals surface area contributed by atoms with Gasteiger partial charge in [0.05, 0.1) is 12.2 Å². The second kappa shape index (κ2) is 6.34. The Hall–Kier alpha value is -2.47. The number of aryl methyl sites for hydroxylation is 1. The van der Waals surface area contributed by atoms with Crippen LogP contribution in [0.1, 0.15) is 11.6 Å². The Balaban J connectivity index is 1.86. The van der Waals surface area contributed by atoms with E-state index in [1.807, 2.05) is 45.7 Å². The van der Waals surface area contributed by atoms with E-state index in [1.165, 1.54) is 6.07 Å². The van der Waals surface area contributed by atoms with Crippen molar-refractivity contribution >= 4 is 16.6 Å². The molecule has 23 heavy (non-hydrogen) atoms. The Bertz CT molecular complexity index is 812. The summed E-state index contributed by atoms with van der Waals surface area (Å²) in [5.41, 5.74) is 2.40. The molecular weight excluding hydrogens is 293 g/mol. The second-order valence-corrected chi connectivity index (χ2v) is 5.80. The molecule has 1 unspecified atom stereocenters. The van der Waals surface area contributed by atoms with Crippen LogP contribution in [0.5, 0.6) is 0 Å². The van der Waals surface area contributed by atoms with Gasteiger partial charge in [0.25, 0.3) is 0 Å². The van der Waals surface area contributed by atoms with Crippen molar-refractivity contribution in [1.29, 1.82) is 0 Å². The van der Waals surface area contributed by atoms with Gasteiger partial charge in [0.1, 0.15) is 11.3 Å². The van der Waals surface area contributed by atoms with Crippen LogP contribution in [0.15, 0.2) is 42.9 Å². The molecular formula is C17H20FN5. The molecule has 0 fully saturated rings. The number of halogens is 1. The zero-order chi connectivity index (χ0) is 16.4. The Morgan fingerprint density at radius 1 is 1.30 bits per heavy atom. The fourth-order valence-electron chi connectivity index (χ4n) is 2.71. The van der Waals surface area contributed by atoms with Gasteiger partial charge in [-0.15, -0.1) is 0 Å². The zero-order valence-corrected chi connectivity index (χ0v) is 13.5. The van der Waals surface area contributed by atoms with Crippen molar-refractivity contribution in [1.82, 2.24) is 19.7 Å². The van der Waals surface area contributed by atoms with Crippen LogP contribution in [0.3, 0.4) is 0 Å². The minimum Gasteiger partial charge on any atom is -0.383 e. The molecule has 6 heteroatoms. The maximum absolute atomic E-state index is 13.9. The number of hydrogen-bond donors (Lipinski definition) is 1. The Morgan fingerprint density at radius 2 is 2.13 bits per heavy atom. The molecule has 0 aliphatic carbocycles. The molecule has 0 bridgehead atoms. The average Bonchev–Trinajstić information content (AvgIpc) is 2.94. The molecule has 1 N–H and O–H groups in total. The van der Waals surface area contributed by atoms with Gasteiger partial charge in [0.2, 0.25) is 0 Å². The molecule has 0 amide bonds. The second-order valence-electron chi connectivity index (χ2n) is 5.80. The van der Waals surface area contributed by atoms with Crippen molar-refractivity contribution in [3.63, 3.8) is 0 Å². The number of fused-ring (bicyclic) bond motifs is 1. The molecule has 0 aliphatic rings. The summed E-state index contributed by atoms with van der Waals surface area (Å²) < 4.78 is 15.6. The molecule has 2 aromatic heterocycles. The quantitative estimate of drug-likeness (QED) is 0.787. The summed E-state index contributed by atoms with van der Waals surface area (Å²) in [7, 11) is 5.97. The van der Waals surface area contributed by atoms with E-state index in [4.69, 9.17) is 0 Å². The maximum atomic E-state index is 13.9. The van der Waals surface area contributed by atoms with Gasteiger partial charge in [0, 0.05) is 42.6 Å². The van der Waals surface area contributed by atoms with Crippen LogP contribution in [0, 0.1) is 5.82 Å². The highest BCUT2D eigenvalue weighted by Crippen LogP contribution is 2.25. The van der Waals surface area contributed by atoms with Crippen LogP contribution in [0.4, 0.5) is 10.1 Å². The van der Waals surface area contributed by atoms with Crippen molar-refractivity contribution in [2.45, 2.75) is 6.04 Å². The molecule has 2 heterocycles. The minimum atomic E-state index is -0.303. The summed E-state index contributed by atoms with van der Waals surface area (Å²) in [5.74, 6) is -0.303. The lowest BCUT2D eigenvalue weighted by molar-refractivity contribution is 0.312. The van der Waals surface area contributed by atoms with Crippen LogP contribution < -0.4 is 5.32 Å². The van der Waals surface area contributed by atoms with Gasteiger partial charge in [-0.2, -0.15) is 5.10 Å². The third-order valence-electron chi connectivity index (χ3n) is 3.94. The highest BCUT2D eigenvalue weighted by atomic mass is 19.1. The van der Waals surface area contributed by atoms with Crippen molar-refractivity contribution in [3.8, 4) is 0 Å². The number of aromatic nitrogens is 3. The summed E-state index contributed by atoms with van der Waals surface area (Å²) in [6.07, 6.45) is 5.51. The van der Waals surface area contributed by atoms with E-state index in [9.17, 15) is 4.39 Å². The van der Waals surface area contributed by atoms with Gasteiger partial charge < -0.3 is 10.2 Å². The van der Waals surface area contributed by atoms with Crippen molar-refractivity contribution in [2.24, 2.45) is 7.05 Å². The van der Waals surface area contributed by atoms with Crippen molar-refractivity contribution in [3.05, 3.63) is 54.2 Å². The number of hydrogen-bond acceptors (Lipinski definition) is 4. The normalized spacial score (nSPS) is 12.7. The lowest BCUT2D eigenvalue weighted by atomic mass is 10.1. The number of para-hydroxylation sites is 1. The zero-order valence-electron chi connectivity index (χ0n) is 13.5. The lowest BCUT2D eigenvalue weighted by Crippen LogP contribution is -2.26. The fraction of sp³-hybridized carbons (Fsp3) is 0.294. The summed E-state index contributed by atoms with van der Waals surface area (Å²) in [4.78, 5) is 6.26. The first-order valence-electron chi connectivity index (χ1n) is 7.48. The Morgan fingerprint density at radius 3 is 2.83 bits per heavy atom. The van der Waals surface area contributed by atoms with E-state index < -0.39 is 0 Å². The van der Waals surface area contributed by atoms with E-state index in [0.29, 0.717) is 12.1 Å². The minimum absolute atomic E-state index is 0.167. The SMILES string of the molecule is CN(C)C(CNc1ccnc2c(F)cccc12)c1cnn(C)c1. The molecule has 1 atom stereocenters. The number of likely N-dealkylation sites (N-methyl/N-ethyl adjacent to an activating group) is 1. The molecule has 1 aromatic carbocycles. The summed E-state index contributed by atoms with van der Waals surface area (Å²) >= 11 is 0. The summed E-state index contributed by atoms with van der Waals surface area (Å²) in [6.45, 7) is 0.689. The highest BCUT2D eigenvalue weighted by Gasteiger charge is 2.16. The number of nitrogens with zero attached hydrogens (tertiary/aromatic N) is 4. The monoisotopic (exact) mass is 313 g/mol. The topological polar surface area (TPSA) is 46.0 Å². The third kappa shape index (κ3) is 3.17. The summed E-state index contributed by atoms with van der Waals surface area (Å²) in [5, 5.41) is 8.45. The molecule has 120 valence electrons. The third-order valence-corrected chi connectivity index (χ3v) is 3.94. The van der Waals surface area contributed by atoms with Crippen LogP contribution in [-0.2, 0) is 7.05 Å². The molecule has 0 saturated heterocycles. The fourth-order valence-corrected chi connectivity index (χ4v) is 2.71. The van der Waals surface area contributed by atoms with Gasteiger partial charge in [-0.05, 0) is 26.2 Å². The molecule has 0 saturated carbocycles. The first kappa shape index (κ1) is 15.4.